The van der Waals surface area contributed by atoms with E-state index in [-0.39, 0.29) is 28.6 Å². The Labute approximate surface area is 511 Å². The zero-order valence-electron chi connectivity index (χ0n) is 49.1. The summed E-state index contributed by atoms with van der Waals surface area (Å²) >= 11 is 0. The van der Waals surface area contributed by atoms with Crippen molar-refractivity contribution in [2.45, 2.75) is 68.3 Å². The molecule has 8 aromatic rings. The molecule has 2 saturated heterocycles. The third-order valence-electron chi connectivity index (χ3n) is 14.8. The van der Waals surface area contributed by atoms with Gasteiger partial charge in [0.15, 0.2) is 51.0 Å². The van der Waals surface area contributed by atoms with Crippen LogP contribution in [0.1, 0.15) is 57.9 Å². The molecule has 472 valence electrons. The van der Waals surface area contributed by atoms with E-state index >= 15 is 8.78 Å². The fourth-order valence-electron chi connectivity index (χ4n) is 10.5. The second-order valence-corrected chi connectivity index (χ2v) is 24.9. The number of sulfonamides is 2. The van der Waals surface area contributed by atoms with Gasteiger partial charge in [0, 0.05) is 79.7 Å². The number of nitro groups is 1. The lowest BCUT2D eigenvalue weighted by Crippen LogP contribution is -2.35. The Balaban J connectivity index is 0.000000211. The number of methoxy groups -OCH3 is 2. The quantitative estimate of drug-likeness (QED) is 0.0263. The molecule has 0 bridgehead atoms. The number of halogens is 5. The van der Waals surface area contributed by atoms with Crippen LogP contribution >= 0.6 is 0 Å². The number of anilines is 2. The number of piperidine rings is 2. The largest absolute Gasteiger partial charge is 0.493 e. The van der Waals surface area contributed by atoms with Crippen molar-refractivity contribution in [2.24, 2.45) is 11.8 Å². The highest BCUT2D eigenvalue weighted by atomic mass is 32.2. The minimum Gasteiger partial charge on any atom is -0.493 e. The van der Waals surface area contributed by atoms with E-state index in [1.54, 1.807) is 36.4 Å². The molecular formula is C63H66F5N7O12S2. The van der Waals surface area contributed by atoms with E-state index in [1.807, 2.05) is 0 Å². The predicted molar refractivity (Wildman–Crippen MR) is 326 cm³/mol. The average Bonchev–Trinajstić information content (AvgIpc) is 1.68. The van der Waals surface area contributed by atoms with Crippen LogP contribution in [-0.2, 0) is 26.2 Å². The molecule has 26 heteroatoms. The van der Waals surface area contributed by atoms with Gasteiger partial charge in [0.05, 0.1) is 65.2 Å². The Bertz CT molecular complexity index is 4060. The Kier molecular flexibility index (Phi) is 20.9. The number of nitrogens with one attached hydrogen (secondary N) is 2. The minimum absolute atomic E-state index is 0.133. The number of pyridine rings is 2. The smallest absolute Gasteiger partial charge is 0.416 e. The van der Waals surface area contributed by atoms with Crippen LogP contribution in [-0.4, -0.2) is 108 Å². The van der Waals surface area contributed by atoms with Gasteiger partial charge < -0.3 is 38.2 Å². The van der Waals surface area contributed by atoms with E-state index in [4.69, 9.17) is 28.4 Å². The fourth-order valence-corrected chi connectivity index (χ4v) is 12.8. The summed E-state index contributed by atoms with van der Waals surface area (Å²) in [6.07, 6.45) is 5.03. The van der Waals surface area contributed by atoms with Crippen LogP contribution in [0.5, 0.6) is 46.0 Å². The Morgan fingerprint density at radius 2 is 1.09 bits per heavy atom. The molecule has 2 aromatic heterocycles. The number of rotatable bonds is 23. The molecule has 2 fully saturated rings. The van der Waals surface area contributed by atoms with Crippen LogP contribution in [0.2, 0.25) is 0 Å². The maximum absolute atomic E-state index is 15.1. The zero-order valence-corrected chi connectivity index (χ0v) is 50.7. The number of ether oxygens (including phenoxy) is 6. The normalized spacial score (nSPS) is 15.8. The average molecular weight is 1270 g/mol. The van der Waals surface area contributed by atoms with Crippen molar-refractivity contribution in [1.29, 1.82) is 0 Å². The maximum atomic E-state index is 15.1. The molecular weight excluding hydrogens is 1210 g/mol. The van der Waals surface area contributed by atoms with Crippen molar-refractivity contribution in [3.05, 3.63) is 161 Å². The topological polar surface area (TPSA) is 223 Å². The van der Waals surface area contributed by atoms with Crippen LogP contribution in [0, 0.1) is 33.6 Å². The van der Waals surface area contributed by atoms with Crippen molar-refractivity contribution in [3.63, 3.8) is 0 Å². The Morgan fingerprint density at radius 1 is 0.596 bits per heavy atom. The molecule has 89 heavy (non-hydrogen) atoms. The van der Waals surface area contributed by atoms with E-state index < -0.39 is 63.8 Å². The first-order valence-corrected chi connectivity index (χ1v) is 31.6. The summed E-state index contributed by atoms with van der Waals surface area (Å²) in [6.45, 7) is 11.9. The summed E-state index contributed by atoms with van der Waals surface area (Å²) in [7, 11) is -5.76. The van der Waals surface area contributed by atoms with Gasteiger partial charge in [0.2, 0.25) is 0 Å². The first-order chi connectivity index (χ1) is 42.6. The Hall–Kier alpha value is -8.59. The van der Waals surface area contributed by atoms with Crippen LogP contribution in [0.15, 0.2) is 144 Å². The molecule has 0 aliphatic carbocycles. The molecule has 2 N–H and O–H groups in total. The third-order valence-corrected chi connectivity index (χ3v) is 17.6. The third kappa shape index (κ3) is 16.8. The maximum Gasteiger partial charge on any atom is 0.416 e. The molecule has 2 atom stereocenters. The molecule has 19 nitrogen and oxygen atoms in total. The molecule has 0 radical (unpaired) electrons. The highest BCUT2D eigenvalue weighted by Crippen LogP contribution is 2.41. The van der Waals surface area contributed by atoms with Gasteiger partial charge in [0.1, 0.15) is 11.5 Å². The van der Waals surface area contributed by atoms with Gasteiger partial charge in [-0.3, -0.25) is 29.5 Å². The summed E-state index contributed by atoms with van der Waals surface area (Å²) in [5.74, 6) is 1.84. The molecule has 0 saturated carbocycles. The summed E-state index contributed by atoms with van der Waals surface area (Å²) in [6, 6.07) is 25.0. The lowest BCUT2D eigenvalue weighted by atomic mass is 10.0. The number of para-hydroxylation sites is 1. The van der Waals surface area contributed by atoms with Crippen LogP contribution in [0.3, 0.4) is 0 Å². The minimum atomic E-state index is -4.72. The van der Waals surface area contributed by atoms with Crippen molar-refractivity contribution >= 4 is 58.9 Å². The fraction of sp³-hybridized carbons (Fsp3) is 0.333. The standard InChI is InChI=1S/C32H33F4N3O5S.C31H33FN4O7S/c1-21-6-4-13-39(20-21)14-5-15-43-31-19-27-25(18-30(31)42-2)28(11-12-37-27)44-29-10-9-23(17-26(29)33)38-45(40,41)24-8-3-7-22(16-24)32(34,35)36;1-21-7-5-14-35(20-21)15-6-16-42-30-19-25-23(18-29(30)41-2)27(12-13-33-25)43-28-11-10-22(17-24(28)32)34-44(39,40)31-9-4-3-8-26(31)36(37)38/h3,7-12,16-19,21,38H,4-6,13-15,20H2,1-2H3;3-4,8-13,17-19,21,34H,5-7,14-16,20H2,1-2H3. The first kappa shape index (κ1) is 64.9. The second-order valence-electron chi connectivity index (χ2n) is 21.6. The molecule has 4 heterocycles. The monoisotopic (exact) mass is 1270 g/mol. The Morgan fingerprint density at radius 3 is 1.55 bits per heavy atom. The van der Waals surface area contributed by atoms with Gasteiger partial charge in [0.25, 0.3) is 25.7 Å². The molecule has 10 rings (SSSR count). The van der Waals surface area contributed by atoms with E-state index in [2.05, 4.69) is 43.1 Å². The summed E-state index contributed by atoms with van der Waals surface area (Å²) in [5, 5.41) is 12.4. The van der Waals surface area contributed by atoms with Crippen molar-refractivity contribution in [1.82, 2.24) is 19.8 Å². The van der Waals surface area contributed by atoms with Gasteiger partial charge in [-0.1, -0.05) is 32.0 Å². The number of hydrogen-bond donors (Lipinski definition) is 2. The molecule has 0 amide bonds. The number of aromatic nitrogens is 2. The number of fused-ring (bicyclic) bond motifs is 2. The lowest BCUT2D eigenvalue weighted by Gasteiger charge is -2.30. The number of nitro benzene ring substituents is 1. The predicted octanol–water partition coefficient (Wildman–Crippen LogP) is 13.9. The van der Waals surface area contributed by atoms with Crippen molar-refractivity contribution < 1.29 is 72.1 Å². The van der Waals surface area contributed by atoms with E-state index in [0.717, 1.165) is 100 Å². The van der Waals surface area contributed by atoms with E-state index in [0.29, 0.717) is 75.8 Å². The number of likely N-dealkylation sites (tertiary alicyclic amines) is 2. The van der Waals surface area contributed by atoms with Crippen molar-refractivity contribution in [2.75, 3.05) is 76.1 Å². The second kappa shape index (κ2) is 28.7. The lowest BCUT2D eigenvalue weighted by molar-refractivity contribution is -0.387. The summed E-state index contributed by atoms with van der Waals surface area (Å²) < 4.78 is 160. The van der Waals surface area contributed by atoms with Gasteiger partial charge in [-0.25, -0.2) is 25.6 Å². The van der Waals surface area contributed by atoms with Crippen LogP contribution < -0.4 is 37.9 Å². The number of nitrogens with zero attached hydrogens (tertiary/aromatic N) is 5. The molecule has 2 unspecified atom stereocenters. The van der Waals surface area contributed by atoms with Gasteiger partial charge in [-0.15, -0.1) is 0 Å². The van der Waals surface area contributed by atoms with Crippen LogP contribution in [0.25, 0.3) is 21.8 Å². The van der Waals surface area contributed by atoms with Gasteiger partial charge in [-0.2, -0.15) is 13.2 Å². The SMILES string of the molecule is COc1cc2c(Oc3ccc(NS(=O)(=O)c4cccc(C(F)(F)F)c4)cc3F)ccnc2cc1OCCCN1CCCC(C)C1.COc1cc2c(Oc3ccc(NS(=O)(=O)c4ccccc4[N+](=O)[O-])cc3F)ccnc2cc1OCCCN1CCCC(C)C1. The summed E-state index contributed by atoms with van der Waals surface area (Å²) in [5.41, 5.74) is -0.971. The van der Waals surface area contributed by atoms with Gasteiger partial charge in [-0.05, 0) is 136 Å². The number of alkyl halides is 3. The van der Waals surface area contributed by atoms with E-state index in [1.165, 1.54) is 88.7 Å². The number of benzene rings is 6. The molecule has 6 aromatic carbocycles. The first-order valence-electron chi connectivity index (χ1n) is 28.6. The molecule has 0 spiro atoms. The summed E-state index contributed by atoms with van der Waals surface area (Å²) in [4.78, 5) is 23.1. The molecule has 2 aliphatic heterocycles. The van der Waals surface area contributed by atoms with Crippen LogP contribution in [0.4, 0.5) is 39.0 Å². The highest BCUT2D eigenvalue weighted by molar-refractivity contribution is 7.93. The van der Waals surface area contributed by atoms with Crippen molar-refractivity contribution in [3.8, 4) is 46.0 Å². The molecule has 2 aliphatic rings. The van der Waals surface area contributed by atoms with E-state index in [9.17, 15) is 40.1 Å². The zero-order chi connectivity index (χ0) is 63.5. The number of hydrogen-bond acceptors (Lipinski definition) is 16. The highest BCUT2D eigenvalue weighted by Gasteiger charge is 2.32. The van der Waals surface area contributed by atoms with Gasteiger partial charge >= 0.3 is 6.18 Å².